The molecule has 0 unspecified atom stereocenters. The van der Waals surface area contributed by atoms with Crippen molar-refractivity contribution in [2.24, 2.45) is 5.73 Å². The third-order valence-electron chi connectivity index (χ3n) is 3.53. The lowest BCUT2D eigenvalue weighted by atomic mass is 9.82. The van der Waals surface area contributed by atoms with Crippen LogP contribution in [0.2, 0.25) is 0 Å². The van der Waals surface area contributed by atoms with E-state index in [0.29, 0.717) is 0 Å². The molecule has 1 aromatic heterocycles. The first-order valence-electron chi connectivity index (χ1n) is 6.65. The number of thiazole rings is 1. The molecule has 1 saturated carbocycles. The first-order valence-corrected chi connectivity index (χ1v) is 7.53. The summed E-state index contributed by atoms with van der Waals surface area (Å²) in [6.07, 6.45) is 7.29. The lowest BCUT2D eigenvalue weighted by molar-refractivity contribution is 0.283. The van der Waals surface area contributed by atoms with Crippen molar-refractivity contribution >= 4 is 11.3 Å². The fourth-order valence-corrected chi connectivity index (χ4v) is 3.21. The van der Waals surface area contributed by atoms with Gasteiger partial charge in [-0.2, -0.15) is 0 Å². The van der Waals surface area contributed by atoms with Gasteiger partial charge in [0, 0.05) is 24.0 Å². The van der Waals surface area contributed by atoms with Crippen LogP contribution in [0.5, 0.6) is 0 Å². The molecule has 1 fully saturated rings. The van der Waals surface area contributed by atoms with Crippen LogP contribution in [0.3, 0.4) is 0 Å². The molecular weight excluding hydrogens is 230 g/mol. The highest BCUT2D eigenvalue weighted by Crippen LogP contribution is 2.25. The van der Waals surface area contributed by atoms with Gasteiger partial charge in [0.05, 0.1) is 10.7 Å². The second-order valence-corrected chi connectivity index (χ2v) is 6.06. The average Bonchev–Trinajstić information content (AvgIpc) is 2.78. The normalized spacial score (nSPS) is 19.4. The summed E-state index contributed by atoms with van der Waals surface area (Å²) in [5.41, 5.74) is 7.56. The van der Waals surface area contributed by atoms with Crippen LogP contribution in [0, 0.1) is 0 Å². The highest BCUT2D eigenvalue weighted by Gasteiger charge is 2.26. The van der Waals surface area contributed by atoms with Crippen molar-refractivity contribution in [3.63, 3.8) is 0 Å². The molecular formula is C13H23N3S. The molecule has 0 bridgehead atoms. The molecule has 0 atom stereocenters. The molecule has 1 aliphatic carbocycles. The van der Waals surface area contributed by atoms with Crippen LogP contribution < -0.4 is 11.1 Å². The molecule has 2 rings (SSSR count). The lowest BCUT2D eigenvalue weighted by Crippen LogP contribution is -2.49. The molecule has 1 aromatic rings. The molecule has 4 heteroatoms. The third kappa shape index (κ3) is 3.76. The standard InChI is InChI=1S/C13H23N3S/c1-2-12-16-11(9-17-12)8-15-10-13(14)6-4-3-5-7-13/h9,15H,2-8,10,14H2,1H3. The quantitative estimate of drug-likeness (QED) is 0.847. The summed E-state index contributed by atoms with van der Waals surface area (Å²) in [6.45, 7) is 3.92. The van der Waals surface area contributed by atoms with Gasteiger partial charge >= 0.3 is 0 Å². The Balaban J connectivity index is 1.74. The molecule has 0 aromatic carbocycles. The van der Waals surface area contributed by atoms with E-state index in [2.05, 4.69) is 22.6 Å². The van der Waals surface area contributed by atoms with E-state index in [0.717, 1.165) is 38.0 Å². The van der Waals surface area contributed by atoms with Crippen molar-refractivity contribution in [2.45, 2.75) is 57.5 Å². The van der Waals surface area contributed by atoms with Crippen LogP contribution >= 0.6 is 11.3 Å². The Hall–Kier alpha value is -0.450. The van der Waals surface area contributed by atoms with E-state index in [4.69, 9.17) is 5.73 Å². The first kappa shape index (κ1) is 13.0. The third-order valence-corrected chi connectivity index (χ3v) is 4.58. The summed E-state index contributed by atoms with van der Waals surface area (Å²) in [6, 6.07) is 0. The zero-order valence-corrected chi connectivity index (χ0v) is 11.5. The van der Waals surface area contributed by atoms with Gasteiger partial charge in [-0.05, 0) is 19.3 Å². The highest BCUT2D eigenvalue weighted by molar-refractivity contribution is 7.09. The van der Waals surface area contributed by atoms with E-state index in [1.807, 2.05) is 0 Å². The Labute approximate surface area is 108 Å². The zero-order valence-electron chi connectivity index (χ0n) is 10.7. The predicted molar refractivity (Wildman–Crippen MR) is 73.2 cm³/mol. The molecule has 96 valence electrons. The molecule has 0 spiro atoms. The number of nitrogens with zero attached hydrogens (tertiary/aromatic N) is 1. The molecule has 0 aliphatic heterocycles. The second kappa shape index (κ2) is 5.94. The lowest BCUT2D eigenvalue weighted by Gasteiger charge is -2.33. The minimum Gasteiger partial charge on any atom is -0.324 e. The van der Waals surface area contributed by atoms with Crippen LogP contribution in [-0.2, 0) is 13.0 Å². The van der Waals surface area contributed by atoms with Gasteiger partial charge in [-0.1, -0.05) is 26.2 Å². The molecule has 17 heavy (non-hydrogen) atoms. The molecule has 3 nitrogen and oxygen atoms in total. The van der Waals surface area contributed by atoms with E-state index >= 15 is 0 Å². The zero-order chi connectivity index (χ0) is 12.1. The maximum absolute atomic E-state index is 6.37. The highest BCUT2D eigenvalue weighted by atomic mass is 32.1. The van der Waals surface area contributed by atoms with Gasteiger partial charge in [0.2, 0.25) is 0 Å². The monoisotopic (exact) mass is 253 g/mol. The van der Waals surface area contributed by atoms with Crippen molar-refractivity contribution in [3.05, 3.63) is 16.1 Å². The minimum atomic E-state index is 0.0296. The van der Waals surface area contributed by atoms with Gasteiger partial charge in [-0.25, -0.2) is 4.98 Å². The fraction of sp³-hybridized carbons (Fsp3) is 0.769. The van der Waals surface area contributed by atoms with E-state index in [1.54, 1.807) is 11.3 Å². The van der Waals surface area contributed by atoms with E-state index < -0.39 is 0 Å². The summed E-state index contributed by atoms with van der Waals surface area (Å²) in [4.78, 5) is 4.55. The van der Waals surface area contributed by atoms with E-state index in [-0.39, 0.29) is 5.54 Å². The summed E-state index contributed by atoms with van der Waals surface area (Å²) in [7, 11) is 0. The van der Waals surface area contributed by atoms with Crippen molar-refractivity contribution < 1.29 is 0 Å². The van der Waals surface area contributed by atoms with Crippen molar-refractivity contribution in [3.8, 4) is 0 Å². The molecule has 3 N–H and O–H groups in total. The summed E-state index contributed by atoms with van der Waals surface area (Å²) in [5.74, 6) is 0. The van der Waals surface area contributed by atoms with Gasteiger partial charge in [-0.15, -0.1) is 11.3 Å². The number of aromatic nitrogens is 1. The van der Waals surface area contributed by atoms with Crippen molar-refractivity contribution in [2.75, 3.05) is 6.54 Å². The van der Waals surface area contributed by atoms with Gasteiger partial charge in [0.25, 0.3) is 0 Å². The Morgan fingerprint density at radius 2 is 2.18 bits per heavy atom. The van der Waals surface area contributed by atoms with Gasteiger partial charge in [-0.3, -0.25) is 0 Å². The topological polar surface area (TPSA) is 50.9 Å². The van der Waals surface area contributed by atoms with Crippen molar-refractivity contribution in [1.82, 2.24) is 10.3 Å². The molecule has 0 amide bonds. The molecule has 0 radical (unpaired) electrons. The van der Waals surface area contributed by atoms with E-state index in [9.17, 15) is 0 Å². The number of nitrogens with one attached hydrogen (secondary N) is 1. The summed E-state index contributed by atoms with van der Waals surface area (Å²) in [5, 5.41) is 6.84. The summed E-state index contributed by atoms with van der Waals surface area (Å²) < 4.78 is 0. The van der Waals surface area contributed by atoms with Crippen LogP contribution in [0.4, 0.5) is 0 Å². The van der Waals surface area contributed by atoms with Crippen LogP contribution in [0.25, 0.3) is 0 Å². The van der Waals surface area contributed by atoms with Crippen molar-refractivity contribution in [1.29, 1.82) is 0 Å². The Kier molecular flexibility index (Phi) is 4.54. The van der Waals surface area contributed by atoms with E-state index in [1.165, 1.54) is 24.3 Å². The maximum atomic E-state index is 6.37. The number of hydrogen-bond donors (Lipinski definition) is 2. The molecule has 1 aliphatic rings. The smallest absolute Gasteiger partial charge is 0.0926 e. The minimum absolute atomic E-state index is 0.0296. The number of rotatable bonds is 5. The van der Waals surface area contributed by atoms with Gasteiger partial charge < -0.3 is 11.1 Å². The van der Waals surface area contributed by atoms with Crippen LogP contribution in [0.15, 0.2) is 5.38 Å². The number of aryl methyl sites for hydroxylation is 1. The predicted octanol–water partition coefficient (Wildman–Crippen LogP) is 2.46. The number of nitrogens with two attached hydrogens (primary N) is 1. The first-order chi connectivity index (χ1) is 8.22. The van der Waals surface area contributed by atoms with Crippen LogP contribution in [-0.4, -0.2) is 17.1 Å². The Bertz CT molecular complexity index is 342. The summed E-state index contributed by atoms with van der Waals surface area (Å²) >= 11 is 1.75. The molecule has 1 heterocycles. The Morgan fingerprint density at radius 3 is 2.82 bits per heavy atom. The average molecular weight is 253 g/mol. The molecule has 0 saturated heterocycles. The van der Waals surface area contributed by atoms with Crippen LogP contribution in [0.1, 0.15) is 49.7 Å². The van der Waals surface area contributed by atoms with Gasteiger partial charge in [0.1, 0.15) is 0 Å². The fourth-order valence-electron chi connectivity index (χ4n) is 2.46. The maximum Gasteiger partial charge on any atom is 0.0926 e. The SMILES string of the molecule is CCc1nc(CNCC2(N)CCCCC2)cs1. The second-order valence-electron chi connectivity index (χ2n) is 5.11. The Morgan fingerprint density at radius 1 is 1.41 bits per heavy atom. The largest absolute Gasteiger partial charge is 0.324 e. The van der Waals surface area contributed by atoms with Gasteiger partial charge in [0.15, 0.2) is 0 Å². The number of hydrogen-bond acceptors (Lipinski definition) is 4.